The van der Waals surface area contributed by atoms with Gasteiger partial charge in [-0.15, -0.1) is 0 Å². The Morgan fingerprint density at radius 3 is 1.72 bits per heavy atom. The molecule has 0 saturated carbocycles. The van der Waals surface area contributed by atoms with E-state index in [1.54, 1.807) is 54.6 Å². The molecular weight excluding hydrogens is 246 g/mol. The van der Waals surface area contributed by atoms with Gasteiger partial charge in [0.2, 0.25) is 0 Å². The molecule has 0 aliphatic heterocycles. The predicted octanol–water partition coefficient (Wildman–Crippen LogP) is 3.51. The lowest BCUT2D eigenvalue weighted by Crippen LogP contribution is -2.12. The SMILES string of the molecule is CC.O=S(=O)(Nc1ccccc1)c1ccccc1. The Morgan fingerprint density at radius 2 is 1.22 bits per heavy atom. The van der Waals surface area contributed by atoms with Gasteiger partial charge in [-0.25, -0.2) is 8.42 Å². The maximum Gasteiger partial charge on any atom is 0.261 e. The zero-order valence-electron chi connectivity index (χ0n) is 10.5. The molecule has 0 amide bonds. The summed E-state index contributed by atoms with van der Waals surface area (Å²) in [5, 5.41) is 0. The molecule has 0 spiro atoms. The van der Waals surface area contributed by atoms with E-state index in [4.69, 9.17) is 0 Å². The van der Waals surface area contributed by atoms with Crippen LogP contribution in [0.2, 0.25) is 0 Å². The zero-order chi connectivity index (χ0) is 13.4. The summed E-state index contributed by atoms with van der Waals surface area (Å²) < 4.78 is 26.3. The number of hydrogen-bond acceptors (Lipinski definition) is 2. The summed E-state index contributed by atoms with van der Waals surface area (Å²) >= 11 is 0. The fourth-order valence-corrected chi connectivity index (χ4v) is 2.40. The van der Waals surface area contributed by atoms with Crippen LogP contribution in [0.3, 0.4) is 0 Å². The van der Waals surface area contributed by atoms with E-state index in [1.807, 2.05) is 19.9 Å². The van der Waals surface area contributed by atoms with Gasteiger partial charge in [0.25, 0.3) is 10.0 Å². The van der Waals surface area contributed by atoms with E-state index in [1.165, 1.54) is 0 Å². The number of hydrogen-bond donors (Lipinski definition) is 1. The Morgan fingerprint density at radius 1 is 0.778 bits per heavy atom. The second-order valence-electron chi connectivity index (χ2n) is 3.28. The smallest absolute Gasteiger partial charge is 0.261 e. The third kappa shape index (κ3) is 3.89. The number of benzene rings is 2. The molecule has 0 aliphatic rings. The lowest BCUT2D eigenvalue weighted by atomic mass is 10.3. The summed E-state index contributed by atoms with van der Waals surface area (Å²) in [5.41, 5.74) is 0.561. The van der Waals surface area contributed by atoms with Crippen LogP contribution in [0.1, 0.15) is 13.8 Å². The van der Waals surface area contributed by atoms with Crippen molar-refractivity contribution < 1.29 is 8.42 Å². The minimum Gasteiger partial charge on any atom is -0.280 e. The van der Waals surface area contributed by atoms with Crippen molar-refractivity contribution in [2.45, 2.75) is 18.7 Å². The number of para-hydroxylation sites is 1. The molecule has 0 saturated heterocycles. The zero-order valence-corrected chi connectivity index (χ0v) is 11.3. The number of rotatable bonds is 3. The van der Waals surface area contributed by atoms with Crippen molar-refractivity contribution in [2.75, 3.05) is 4.72 Å². The van der Waals surface area contributed by atoms with Crippen molar-refractivity contribution in [3.8, 4) is 0 Å². The summed E-state index contributed by atoms with van der Waals surface area (Å²) in [6, 6.07) is 17.1. The standard InChI is InChI=1S/C12H11NO2S.C2H6/c14-16(15,12-9-5-2-6-10-12)13-11-7-3-1-4-8-11;1-2/h1-10,13H;1-2H3. The van der Waals surface area contributed by atoms with Crippen molar-refractivity contribution >= 4 is 15.7 Å². The molecule has 2 aromatic rings. The molecule has 0 atom stereocenters. The molecule has 0 bridgehead atoms. The highest BCUT2D eigenvalue weighted by molar-refractivity contribution is 7.92. The van der Waals surface area contributed by atoms with Crippen LogP contribution in [0, 0.1) is 0 Å². The Hall–Kier alpha value is -1.81. The van der Waals surface area contributed by atoms with Gasteiger partial charge in [0.1, 0.15) is 0 Å². The molecule has 0 radical (unpaired) electrons. The third-order valence-corrected chi connectivity index (χ3v) is 3.48. The van der Waals surface area contributed by atoms with Crippen LogP contribution in [-0.4, -0.2) is 8.42 Å². The molecule has 96 valence electrons. The average Bonchev–Trinajstić information content (AvgIpc) is 2.43. The normalized spacial score (nSPS) is 10.1. The maximum atomic E-state index is 11.9. The van der Waals surface area contributed by atoms with Crippen molar-refractivity contribution in [3.05, 3.63) is 60.7 Å². The second kappa shape index (κ2) is 6.81. The van der Waals surface area contributed by atoms with E-state index in [2.05, 4.69) is 4.72 Å². The van der Waals surface area contributed by atoms with Gasteiger partial charge in [0.15, 0.2) is 0 Å². The first-order valence-corrected chi connectivity index (χ1v) is 7.30. The van der Waals surface area contributed by atoms with E-state index >= 15 is 0 Å². The highest BCUT2D eigenvalue weighted by Gasteiger charge is 2.12. The minimum atomic E-state index is -3.46. The fraction of sp³-hybridized carbons (Fsp3) is 0.143. The van der Waals surface area contributed by atoms with E-state index in [-0.39, 0.29) is 4.90 Å². The van der Waals surface area contributed by atoms with Crippen molar-refractivity contribution in [3.63, 3.8) is 0 Å². The molecule has 0 heterocycles. The van der Waals surface area contributed by atoms with Crippen LogP contribution in [0.5, 0.6) is 0 Å². The quantitative estimate of drug-likeness (QED) is 0.921. The van der Waals surface area contributed by atoms with Crippen LogP contribution in [0.25, 0.3) is 0 Å². The first kappa shape index (κ1) is 14.3. The fourth-order valence-electron chi connectivity index (χ4n) is 1.32. The van der Waals surface area contributed by atoms with E-state index in [0.717, 1.165) is 0 Å². The summed E-state index contributed by atoms with van der Waals surface area (Å²) in [6.07, 6.45) is 0. The Labute approximate surface area is 109 Å². The average molecular weight is 263 g/mol. The van der Waals surface area contributed by atoms with E-state index in [9.17, 15) is 8.42 Å². The lowest BCUT2D eigenvalue weighted by Gasteiger charge is -2.07. The molecule has 1 N–H and O–H groups in total. The van der Waals surface area contributed by atoms with Crippen LogP contribution in [-0.2, 0) is 10.0 Å². The molecule has 2 aromatic carbocycles. The number of sulfonamides is 1. The van der Waals surface area contributed by atoms with Gasteiger partial charge in [-0.05, 0) is 24.3 Å². The summed E-state index contributed by atoms with van der Waals surface area (Å²) in [4.78, 5) is 0.263. The van der Waals surface area contributed by atoms with Gasteiger partial charge in [-0.3, -0.25) is 4.72 Å². The van der Waals surface area contributed by atoms with Crippen LogP contribution in [0.15, 0.2) is 65.6 Å². The molecule has 4 heteroatoms. The van der Waals surface area contributed by atoms with Gasteiger partial charge in [0.05, 0.1) is 4.90 Å². The Bertz CT molecular complexity index is 551. The summed E-state index contributed by atoms with van der Waals surface area (Å²) in [7, 11) is -3.46. The minimum absolute atomic E-state index is 0.263. The number of anilines is 1. The molecule has 0 fully saturated rings. The molecule has 2 rings (SSSR count). The number of nitrogens with one attached hydrogen (secondary N) is 1. The third-order valence-electron chi connectivity index (χ3n) is 2.08. The molecular formula is C14H17NO2S. The summed E-state index contributed by atoms with van der Waals surface area (Å²) in [5.74, 6) is 0. The lowest BCUT2D eigenvalue weighted by molar-refractivity contribution is 0.601. The van der Waals surface area contributed by atoms with Crippen molar-refractivity contribution in [1.82, 2.24) is 0 Å². The topological polar surface area (TPSA) is 46.2 Å². The van der Waals surface area contributed by atoms with Crippen molar-refractivity contribution in [1.29, 1.82) is 0 Å². The van der Waals surface area contributed by atoms with Gasteiger partial charge in [-0.1, -0.05) is 50.2 Å². The molecule has 0 aromatic heterocycles. The summed E-state index contributed by atoms with van der Waals surface area (Å²) in [6.45, 7) is 4.00. The molecule has 0 aliphatic carbocycles. The predicted molar refractivity (Wildman–Crippen MR) is 75.0 cm³/mol. The highest BCUT2D eigenvalue weighted by atomic mass is 32.2. The highest BCUT2D eigenvalue weighted by Crippen LogP contribution is 2.14. The van der Waals surface area contributed by atoms with Gasteiger partial charge in [-0.2, -0.15) is 0 Å². The largest absolute Gasteiger partial charge is 0.280 e. The van der Waals surface area contributed by atoms with E-state index in [0.29, 0.717) is 5.69 Å². The molecule has 3 nitrogen and oxygen atoms in total. The van der Waals surface area contributed by atoms with Crippen molar-refractivity contribution in [2.24, 2.45) is 0 Å². The van der Waals surface area contributed by atoms with Crippen LogP contribution >= 0.6 is 0 Å². The first-order valence-electron chi connectivity index (χ1n) is 5.81. The Kier molecular flexibility index (Phi) is 5.39. The molecule has 0 unspecified atom stereocenters. The molecule has 18 heavy (non-hydrogen) atoms. The second-order valence-corrected chi connectivity index (χ2v) is 4.97. The maximum absolute atomic E-state index is 11.9. The van der Waals surface area contributed by atoms with Gasteiger partial charge < -0.3 is 0 Å². The van der Waals surface area contributed by atoms with Gasteiger partial charge >= 0.3 is 0 Å². The van der Waals surface area contributed by atoms with Gasteiger partial charge in [0, 0.05) is 5.69 Å². The van der Waals surface area contributed by atoms with E-state index < -0.39 is 10.0 Å². The first-order chi connectivity index (χ1) is 8.68. The van der Waals surface area contributed by atoms with Crippen LogP contribution in [0.4, 0.5) is 5.69 Å². The van der Waals surface area contributed by atoms with Crippen LogP contribution < -0.4 is 4.72 Å². The monoisotopic (exact) mass is 263 g/mol. The Balaban J connectivity index is 0.000000771.